The van der Waals surface area contributed by atoms with Crippen LogP contribution < -0.4 is 10.6 Å². The van der Waals surface area contributed by atoms with Crippen LogP contribution in [0.5, 0.6) is 0 Å². The molecule has 1 aromatic rings. The summed E-state index contributed by atoms with van der Waals surface area (Å²) in [5, 5.41) is 5.24. The van der Waals surface area contributed by atoms with Gasteiger partial charge in [-0.15, -0.1) is 0 Å². The summed E-state index contributed by atoms with van der Waals surface area (Å²) in [5.74, 6) is -0.204. The average molecular weight is 301 g/mol. The number of nitrogens with zero attached hydrogens (tertiary/aromatic N) is 1. The van der Waals surface area contributed by atoms with E-state index < -0.39 is 23.7 Å². The summed E-state index contributed by atoms with van der Waals surface area (Å²) < 4.78 is 42.8. The third-order valence-electron chi connectivity index (χ3n) is 2.90. The Labute approximate surface area is 119 Å². The Morgan fingerprint density at radius 2 is 2.14 bits per heavy atom. The minimum absolute atomic E-state index is 0.235. The van der Waals surface area contributed by atoms with Crippen LogP contribution in [0.1, 0.15) is 17.2 Å². The van der Waals surface area contributed by atoms with Crippen LogP contribution in [0.15, 0.2) is 29.3 Å². The second-order valence-corrected chi connectivity index (χ2v) is 4.41. The number of methoxy groups -OCH3 is 1. The lowest BCUT2D eigenvalue weighted by molar-refractivity contribution is -0.137. The Morgan fingerprint density at radius 3 is 2.81 bits per heavy atom. The predicted octanol–water partition coefficient (Wildman–Crippen LogP) is 1.47. The van der Waals surface area contributed by atoms with Gasteiger partial charge >= 0.3 is 6.18 Å². The van der Waals surface area contributed by atoms with Crippen molar-refractivity contribution in [2.24, 2.45) is 4.99 Å². The first-order valence-electron chi connectivity index (χ1n) is 6.20. The van der Waals surface area contributed by atoms with Gasteiger partial charge in [0.2, 0.25) is 0 Å². The summed E-state index contributed by atoms with van der Waals surface area (Å²) in [7, 11) is 1.52. The number of carbonyl (C=O) groups excluding carboxylic acids is 1. The maximum Gasteiger partial charge on any atom is 0.416 e. The Balaban J connectivity index is 2.16. The predicted molar refractivity (Wildman–Crippen MR) is 69.6 cm³/mol. The number of guanidine groups is 1. The van der Waals surface area contributed by atoms with Crippen LogP contribution in [0.3, 0.4) is 0 Å². The lowest BCUT2D eigenvalue weighted by atomic mass is 10.0. The molecule has 1 aromatic carbocycles. The molecule has 114 valence electrons. The number of rotatable bonds is 4. The number of hydrogen-bond donors (Lipinski definition) is 2. The van der Waals surface area contributed by atoms with Crippen molar-refractivity contribution in [3.05, 3.63) is 35.4 Å². The highest BCUT2D eigenvalue weighted by molar-refractivity contribution is 6.06. The molecule has 0 radical (unpaired) electrons. The van der Waals surface area contributed by atoms with Gasteiger partial charge in [0, 0.05) is 7.11 Å². The molecule has 0 saturated carbocycles. The maximum absolute atomic E-state index is 12.7. The number of hydrogen-bond acceptors (Lipinski definition) is 3. The van der Waals surface area contributed by atoms with Crippen molar-refractivity contribution >= 4 is 11.9 Å². The molecule has 0 aromatic heterocycles. The molecule has 1 unspecified atom stereocenters. The third kappa shape index (κ3) is 3.72. The molecule has 0 spiro atoms. The van der Waals surface area contributed by atoms with Crippen LogP contribution in [0.25, 0.3) is 0 Å². The molecule has 1 heterocycles. The van der Waals surface area contributed by atoms with Crippen LogP contribution in [0.2, 0.25) is 0 Å². The van der Waals surface area contributed by atoms with Gasteiger partial charge in [-0.05, 0) is 17.7 Å². The first-order chi connectivity index (χ1) is 9.91. The van der Waals surface area contributed by atoms with Gasteiger partial charge in [0.05, 0.1) is 18.7 Å². The fourth-order valence-electron chi connectivity index (χ4n) is 1.89. The molecular weight excluding hydrogens is 287 g/mol. The van der Waals surface area contributed by atoms with Crippen molar-refractivity contribution in [3.63, 3.8) is 0 Å². The zero-order chi connectivity index (χ0) is 15.5. The Bertz CT molecular complexity index is 558. The SMILES string of the molecule is COCCN=C1NC(=O)C(c2cccc(C(F)(F)F)c2)N1. The molecule has 21 heavy (non-hydrogen) atoms. The van der Waals surface area contributed by atoms with Crippen LogP contribution in [-0.2, 0) is 15.7 Å². The van der Waals surface area contributed by atoms with Crippen LogP contribution in [0.4, 0.5) is 13.2 Å². The number of ether oxygens (including phenoxy) is 1. The smallest absolute Gasteiger partial charge is 0.383 e. The lowest BCUT2D eigenvalue weighted by Crippen LogP contribution is -2.26. The summed E-state index contributed by atoms with van der Waals surface area (Å²) in [5.41, 5.74) is -0.557. The van der Waals surface area contributed by atoms with Gasteiger partial charge in [-0.2, -0.15) is 13.2 Å². The average Bonchev–Trinajstić information content (AvgIpc) is 2.79. The second-order valence-electron chi connectivity index (χ2n) is 4.41. The largest absolute Gasteiger partial charge is 0.416 e. The molecule has 1 atom stereocenters. The number of alkyl halides is 3. The van der Waals surface area contributed by atoms with E-state index in [1.165, 1.54) is 19.2 Å². The normalized spacial score (nSPS) is 20.5. The van der Waals surface area contributed by atoms with Gasteiger partial charge in [-0.25, -0.2) is 0 Å². The minimum atomic E-state index is -4.44. The first kappa shape index (κ1) is 15.3. The van der Waals surface area contributed by atoms with Gasteiger partial charge in [-0.3, -0.25) is 15.1 Å². The fraction of sp³-hybridized carbons (Fsp3) is 0.385. The van der Waals surface area contributed by atoms with E-state index in [0.717, 1.165) is 12.1 Å². The molecule has 8 heteroatoms. The minimum Gasteiger partial charge on any atom is -0.383 e. The van der Waals surface area contributed by atoms with E-state index in [4.69, 9.17) is 4.74 Å². The summed E-state index contributed by atoms with van der Waals surface area (Å²) in [6.45, 7) is 0.726. The van der Waals surface area contributed by atoms with Crippen LogP contribution in [-0.4, -0.2) is 32.1 Å². The maximum atomic E-state index is 12.7. The molecule has 2 rings (SSSR count). The molecule has 1 aliphatic rings. The number of benzene rings is 1. The van der Waals surface area contributed by atoms with Gasteiger partial charge in [0.15, 0.2) is 5.96 Å². The van der Waals surface area contributed by atoms with Gasteiger partial charge < -0.3 is 10.1 Å². The van der Waals surface area contributed by atoms with Gasteiger partial charge in [0.1, 0.15) is 6.04 Å². The first-order valence-corrected chi connectivity index (χ1v) is 6.20. The van der Waals surface area contributed by atoms with Gasteiger partial charge in [0.25, 0.3) is 5.91 Å². The molecular formula is C13H14F3N3O2. The van der Waals surface area contributed by atoms with E-state index in [0.29, 0.717) is 13.2 Å². The number of aliphatic imine (C=N–C) groups is 1. The van der Waals surface area contributed by atoms with E-state index in [1.54, 1.807) is 0 Å². The van der Waals surface area contributed by atoms with Crippen molar-refractivity contribution in [1.82, 2.24) is 10.6 Å². The monoisotopic (exact) mass is 301 g/mol. The van der Waals surface area contributed by atoms with E-state index in [2.05, 4.69) is 15.6 Å². The highest BCUT2D eigenvalue weighted by atomic mass is 19.4. The Hall–Kier alpha value is -2.09. The number of amides is 1. The quantitative estimate of drug-likeness (QED) is 0.828. The van der Waals surface area contributed by atoms with Crippen LogP contribution >= 0.6 is 0 Å². The van der Waals surface area contributed by atoms with Crippen molar-refractivity contribution in [2.45, 2.75) is 12.2 Å². The van der Waals surface area contributed by atoms with Crippen LogP contribution in [0, 0.1) is 0 Å². The second kappa shape index (κ2) is 6.13. The highest BCUT2D eigenvalue weighted by Gasteiger charge is 2.34. The zero-order valence-corrected chi connectivity index (χ0v) is 11.2. The van der Waals surface area contributed by atoms with E-state index in [1.807, 2.05) is 0 Å². The van der Waals surface area contributed by atoms with E-state index in [-0.39, 0.29) is 11.5 Å². The van der Waals surface area contributed by atoms with Gasteiger partial charge in [-0.1, -0.05) is 12.1 Å². The summed E-state index contributed by atoms with van der Waals surface area (Å²) >= 11 is 0. The molecule has 1 aliphatic heterocycles. The topological polar surface area (TPSA) is 62.7 Å². The molecule has 0 aliphatic carbocycles. The summed E-state index contributed by atoms with van der Waals surface area (Å²) in [4.78, 5) is 15.8. The van der Waals surface area contributed by atoms with E-state index >= 15 is 0 Å². The molecule has 0 bridgehead atoms. The lowest BCUT2D eigenvalue weighted by Gasteiger charge is -2.12. The Morgan fingerprint density at radius 1 is 1.38 bits per heavy atom. The number of halogens is 3. The van der Waals surface area contributed by atoms with Crippen molar-refractivity contribution in [1.29, 1.82) is 0 Å². The fourth-order valence-corrected chi connectivity index (χ4v) is 1.89. The Kier molecular flexibility index (Phi) is 4.46. The molecule has 1 fully saturated rings. The van der Waals surface area contributed by atoms with Crippen molar-refractivity contribution in [3.8, 4) is 0 Å². The van der Waals surface area contributed by atoms with Crippen molar-refractivity contribution < 1.29 is 22.7 Å². The summed E-state index contributed by atoms with van der Waals surface area (Å²) in [6, 6.07) is 3.77. The number of nitrogens with one attached hydrogen (secondary N) is 2. The molecule has 1 saturated heterocycles. The van der Waals surface area contributed by atoms with Crippen molar-refractivity contribution in [2.75, 3.05) is 20.3 Å². The molecule has 5 nitrogen and oxygen atoms in total. The highest BCUT2D eigenvalue weighted by Crippen LogP contribution is 2.31. The third-order valence-corrected chi connectivity index (χ3v) is 2.90. The molecule has 1 amide bonds. The zero-order valence-electron chi connectivity index (χ0n) is 11.2. The van der Waals surface area contributed by atoms with E-state index in [9.17, 15) is 18.0 Å². The molecule has 2 N–H and O–H groups in total. The standard InChI is InChI=1S/C13H14F3N3O2/c1-21-6-5-17-12-18-10(11(20)19-12)8-3-2-4-9(7-8)13(14,15)16/h2-4,7,10H,5-6H2,1H3,(H2,17,18,19,20). The number of carbonyl (C=O) groups is 1. The summed E-state index contributed by atoms with van der Waals surface area (Å²) in [6.07, 6.45) is -4.44.